The highest BCUT2D eigenvalue weighted by molar-refractivity contribution is 7.91. The van der Waals surface area contributed by atoms with E-state index in [-0.39, 0.29) is 22.8 Å². The summed E-state index contributed by atoms with van der Waals surface area (Å²) < 4.78 is 31.3. The molecule has 2 N–H and O–H groups in total. The molecular weight excluding hydrogens is 370 g/mol. The molecule has 0 aliphatic carbocycles. The van der Waals surface area contributed by atoms with E-state index in [2.05, 4.69) is 15.0 Å². The number of rotatable bonds is 7. The molecule has 0 unspecified atom stereocenters. The predicted octanol–water partition coefficient (Wildman–Crippen LogP) is 1.45. The Morgan fingerprint density at radius 1 is 1.22 bits per heavy atom. The van der Waals surface area contributed by atoms with Crippen molar-refractivity contribution in [2.45, 2.75) is 24.8 Å². The number of benzene rings is 1. The van der Waals surface area contributed by atoms with Gasteiger partial charge >= 0.3 is 5.97 Å². The van der Waals surface area contributed by atoms with Crippen LogP contribution in [-0.4, -0.2) is 46.3 Å². The van der Waals surface area contributed by atoms with Crippen LogP contribution >= 0.6 is 0 Å². The zero-order chi connectivity index (χ0) is 19.4. The maximum Gasteiger partial charge on any atom is 0.339 e. The third-order valence-corrected chi connectivity index (χ3v) is 5.81. The molecule has 142 valence electrons. The Labute approximate surface area is 156 Å². The summed E-state index contributed by atoms with van der Waals surface area (Å²) in [5, 5.41) is 0. The van der Waals surface area contributed by atoms with Gasteiger partial charge in [-0.05, 0) is 18.6 Å². The smallest absolute Gasteiger partial charge is 0.339 e. The maximum absolute atomic E-state index is 12.3. The van der Waals surface area contributed by atoms with Crippen LogP contribution in [0.5, 0.6) is 0 Å². The van der Waals surface area contributed by atoms with E-state index in [9.17, 15) is 13.2 Å². The summed E-state index contributed by atoms with van der Waals surface area (Å²) >= 11 is 0. The molecule has 0 saturated heterocycles. The van der Waals surface area contributed by atoms with Gasteiger partial charge in [-0.3, -0.25) is 0 Å². The number of carbonyl (C=O) groups is 1. The van der Waals surface area contributed by atoms with Gasteiger partial charge in [0.15, 0.2) is 21.3 Å². The molecule has 27 heavy (non-hydrogen) atoms. The summed E-state index contributed by atoms with van der Waals surface area (Å²) in [6.07, 6.45) is 3.46. The van der Waals surface area contributed by atoms with Gasteiger partial charge in [0, 0.05) is 6.54 Å². The van der Waals surface area contributed by atoms with Gasteiger partial charge < -0.3 is 15.0 Å². The Morgan fingerprint density at radius 2 is 2.00 bits per heavy atom. The van der Waals surface area contributed by atoms with Crippen molar-refractivity contribution in [3.8, 4) is 0 Å². The van der Waals surface area contributed by atoms with E-state index in [1.165, 1.54) is 25.4 Å². The second-order valence-corrected chi connectivity index (χ2v) is 8.00. The number of nitrogens with two attached hydrogens (primary N) is 1. The van der Waals surface area contributed by atoms with Gasteiger partial charge in [0.25, 0.3) is 0 Å². The van der Waals surface area contributed by atoms with E-state index in [1.807, 2.05) is 0 Å². The van der Waals surface area contributed by atoms with Crippen molar-refractivity contribution in [3.63, 3.8) is 0 Å². The van der Waals surface area contributed by atoms with Gasteiger partial charge in [-0.1, -0.05) is 19.1 Å². The molecule has 0 aliphatic heterocycles. The van der Waals surface area contributed by atoms with E-state index < -0.39 is 15.8 Å². The first-order chi connectivity index (χ1) is 12.9. The molecule has 0 saturated carbocycles. The quantitative estimate of drug-likeness (QED) is 0.475. The lowest BCUT2D eigenvalue weighted by Crippen LogP contribution is -2.14. The number of nitrogens with zero attached hydrogens (tertiary/aromatic N) is 4. The lowest BCUT2D eigenvalue weighted by atomic mass is 10.2. The summed E-state index contributed by atoms with van der Waals surface area (Å²) in [6, 6.07) is 6.05. The van der Waals surface area contributed by atoms with E-state index in [0.717, 1.165) is 0 Å². The molecule has 2 aromatic heterocycles. The van der Waals surface area contributed by atoms with Gasteiger partial charge in [-0.2, -0.15) is 0 Å². The van der Waals surface area contributed by atoms with Crippen LogP contribution in [0.15, 0.2) is 41.8 Å². The zero-order valence-corrected chi connectivity index (χ0v) is 15.5. The molecule has 1 aromatic carbocycles. The maximum atomic E-state index is 12.3. The van der Waals surface area contributed by atoms with Crippen LogP contribution < -0.4 is 5.73 Å². The van der Waals surface area contributed by atoms with Gasteiger partial charge in [-0.25, -0.2) is 28.2 Å². The second kappa shape index (κ2) is 7.70. The summed E-state index contributed by atoms with van der Waals surface area (Å²) in [6.45, 7) is 2.16. The first kappa shape index (κ1) is 18.8. The van der Waals surface area contributed by atoms with E-state index >= 15 is 0 Å². The van der Waals surface area contributed by atoms with Crippen molar-refractivity contribution < 1.29 is 17.9 Å². The van der Waals surface area contributed by atoms with Crippen molar-refractivity contribution in [1.82, 2.24) is 19.5 Å². The lowest BCUT2D eigenvalue weighted by molar-refractivity contribution is 0.0491. The molecule has 0 radical (unpaired) electrons. The van der Waals surface area contributed by atoms with Crippen LogP contribution in [-0.2, 0) is 21.1 Å². The molecule has 3 aromatic rings. The van der Waals surface area contributed by atoms with Gasteiger partial charge in [0.2, 0.25) is 0 Å². The van der Waals surface area contributed by atoms with Crippen LogP contribution in [0.25, 0.3) is 11.2 Å². The Morgan fingerprint density at radius 3 is 2.78 bits per heavy atom. The molecule has 3 rings (SSSR count). The van der Waals surface area contributed by atoms with Crippen LogP contribution in [0.2, 0.25) is 0 Å². The third kappa shape index (κ3) is 3.90. The molecule has 0 aliphatic rings. The summed E-state index contributed by atoms with van der Waals surface area (Å²) in [5.41, 5.74) is 6.92. The number of nitrogen functional groups attached to an aromatic ring is 1. The molecule has 10 heteroatoms. The normalized spacial score (nSPS) is 11.6. The third-order valence-electron chi connectivity index (χ3n) is 4.03. The van der Waals surface area contributed by atoms with Gasteiger partial charge in [0.05, 0.1) is 29.1 Å². The monoisotopic (exact) mass is 389 g/mol. The number of esters is 1. The highest BCUT2D eigenvalue weighted by atomic mass is 32.2. The number of aryl methyl sites for hydroxylation is 1. The minimum Gasteiger partial charge on any atom is -0.462 e. The lowest BCUT2D eigenvalue weighted by Gasteiger charge is -2.10. The number of hydrogen-bond donors (Lipinski definition) is 1. The van der Waals surface area contributed by atoms with Crippen molar-refractivity contribution in [2.24, 2.45) is 0 Å². The zero-order valence-electron chi connectivity index (χ0n) is 14.7. The number of imidazole rings is 1. The molecule has 0 spiro atoms. The number of ether oxygens (including phenoxy) is 1. The fourth-order valence-corrected chi connectivity index (χ4v) is 3.69. The number of anilines is 1. The van der Waals surface area contributed by atoms with E-state index in [4.69, 9.17) is 10.5 Å². The first-order valence-electron chi connectivity index (χ1n) is 8.34. The molecule has 9 nitrogen and oxygen atoms in total. The topological polar surface area (TPSA) is 130 Å². The predicted molar refractivity (Wildman–Crippen MR) is 98.8 cm³/mol. The fourth-order valence-electron chi connectivity index (χ4n) is 2.60. The highest BCUT2D eigenvalue weighted by Gasteiger charge is 2.21. The number of aromatic nitrogens is 4. The molecule has 0 atom stereocenters. The molecule has 0 bridgehead atoms. The molecule has 2 heterocycles. The Hall–Kier alpha value is -3.01. The second-order valence-electron chi connectivity index (χ2n) is 5.76. The van der Waals surface area contributed by atoms with Crippen molar-refractivity contribution in [1.29, 1.82) is 0 Å². The average molecular weight is 389 g/mol. The van der Waals surface area contributed by atoms with Crippen LogP contribution in [0, 0.1) is 0 Å². The average Bonchev–Trinajstić information content (AvgIpc) is 3.09. The fraction of sp³-hybridized carbons (Fsp3) is 0.294. The summed E-state index contributed by atoms with van der Waals surface area (Å²) in [7, 11) is -3.51. The molecular formula is C17H19N5O4S. The van der Waals surface area contributed by atoms with Crippen LogP contribution in [0.4, 0.5) is 5.82 Å². The Kier molecular flexibility index (Phi) is 5.36. The van der Waals surface area contributed by atoms with Crippen molar-refractivity contribution in [3.05, 3.63) is 42.5 Å². The summed E-state index contributed by atoms with van der Waals surface area (Å²) in [4.78, 5) is 24.5. The van der Waals surface area contributed by atoms with Gasteiger partial charge in [0.1, 0.15) is 11.8 Å². The number of hydrogen-bond acceptors (Lipinski definition) is 8. The van der Waals surface area contributed by atoms with Crippen molar-refractivity contribution in [2.75, 3.05) is 18.1 Å². The first-order valence-corrected chi connectivity index (χ1v) is 9.99. The number of carbonyl (C=O) groups excluding carboxylic acids is 1. The molecule has 0 fully saturated rings. The Balaban J connectivity index is 1.63. The van der Waals surface area contributed by atoms with Gasteiger partial charge in [-0.15, -0.1) is 0 Å². The minimum atomic E-state index is -3.51. The van der Waals surface area contributed by atoms with Crippen LogP contribution in [0.3, 0.4) is 0 Å². The summed E-state index contributed by atoms with van der Waals surface area (Å²) in [5.74, 6) is -0.445. The van der Waals surface area contributed by atoms with E-state index in [0.29, 0.717) is 29.9 Å². The largest absolute Gasteiger partial charge is 0.462 e. The number of fused-ring (bicyclic) bond motifs is 1. The van der Waals surface area contributed by atoms with E-state index in [1.54, 1.807) is 23.0 Å². The standard InChI is InChI=1S/C17H19N5O4S/c1-2-27(24,25)13-7-4-3-6-12(13)17(23)26-9-5-8-22-11-21-14-15(18)19-10-20-16(14)22/h3-4,6-7,10-11H,2,5,8-9H2,1H3,(H2,18,19,20). The van der Waals surface area contributed by atoms with Crippen molar-refractivity contribution >= 4 is 32.8 Å². The Bertz CT molecular complexity index is 1080. The van der Waals surface area contributed by atoms with Crippen LogP contribution in [0.1, 0.15) is 23.7 Å². The minimum absolute atomic E-state index is 0.00900. The SMILES string of the molecule is CCS(=O)(=O)c1ccccc1C(=O)OCCCn1cnc2c(N)ncnc21. The molecule has 0 amide bonds. The number of sulfone groups is 1. The highest BCUT2D eigenvalue weighted by Crippen LogP contribution is 2.18.